The van der Waals surface area contributed by atoms with Crippen LogP contribution < -0.4 is 10.5 Å². The first kappa shape index (κ1) is 18.8. The summed E-state index contributed by atoms with van der Waals surface area (Å²) in [5.74, 6) is 0.573. The summed E-state index contributed by atoms with van der Waals surface area (Å²) in [6.45, 7) is 8.29. The first-order valence-corrected chi connectivity index (χ1v) is 9.51. The maximum absolute atomic E-state index is 12.7. The minimum Gasteiger partial charge on any atom is -0.372 e. The molecule has 0 atom stereocenters. The number of aromatic nitrogens is 2. The Morgan fingerprint density at radius 2 is 1.70 bits per heavy atom. The molecule has 0 fully saturated rings. The molecule has 27 heavy (non-hydrogen) atoms. The molecule has 5 nitrogen and oxygen atoms in total. The van der Waals surface area contributed by atoms with E-state index in [1.807, 2.05) is 30.3 Å². The van der Waals surface area contributed by atoms with E-state index in [1.54, 1.807) is 19.2 Å². The van der Waals surface area contributed by atoms with E-state index in [0.29, 0.717) is 16.7 Å². The number of para-hydroxylation sites is 1. The van der Waals surface area contributed by atoms with E-state index in [9.17, 15) is 4.79 Å². The second-order valence-electron chi connectivity index (χ2n) is 6.62. The van der Waals surface area contributed by atoms with Crippen LogP contribution in [0.3, 0.4) is 0 Å². The largest absolute Gasteiger partial charge is 0.372 e. The van der Waals surface area contributed by atoms with Gasteiger partial charge in [-0.05, 0) is 49.6 Å². The Labute approximate surface area is 160 Å². The molecule has 0 saturated carbocycles. The van der Waals surface area contributed by atoms with Gasteiger partial charge >= 0.3 is 0 Å². The molecule has 3 aromatic rings. The topological polar surface area (TPSA) is 50.5 Å². The van der Waals surface area contributed by atoms with Crippen molar-refractivity contribution in [2.45, 2.75) is 33.6 Å². The highest BCUT2D eigenvalue weighted by atomic mass is 16.1. The Bertz CT molecular complexity index is 983. The van der Waals surface area contributed by atoms with Crippen molar-refractivity contribution in [1.82, 2.24) is 9.66 Å². The van der Waals surface area contributed by atoms with Gasteiger partial charge in [0.05, 0.1) is 17.1 Å². The summed E-state index contributed by atoms with van der Waals surface area (Å²) in [7, 11) is 0. The van der Waals surface area contributed by atoms with Crippen LogP contribution in [0.5, 0.6) is 0 Å². The Morgan fingerprint density at radius 3 is 2.37 bits per heavy atom. The predicted molar refractivity (Wildman–Crippen MR) is 113 cm³/mol. The number of rotatable bonds is 7. The number of fused-ring (bicyclic) bond motifs is 1. The first-order chi connectivity index (χ1) is 13.1. The highest BCUT2D eigenvalue weighted by Gasteiger charge is 2.07. The van der Waals surface area contributed by atoms with E-state index in [4.69, 9.17) is 0 Å². The molecule has 0 bridgehead atoms. The summed E-state index contributed by atoms with van der Waals surface area (Å²) in [4.78, 5) is 19.5. The lowest BCUT2D eigenvalue weighted by atomic mass is 10.2. The molecule has 1 aromatic heterocycles. The minimum atomic E-state index is -0.150. The maximum atomic E-state index is 12.7. The zero-order valence-corrected chi connectivity index (χ0v) is 16.2. The highest BCUT2D eigenvalue weighted by Crippen LogP contribution is 2.16. The van der Waals surface area contributed by atoms with Gasteiger partial charge in [-0.15, -0.1) is 0 Å². The van der Waals surface area contributed by atoms with Gasteiger partial charge in [0.1, 0.15) is 5.82 Å². The van der Waals surface area contributed by atoms with Crippen LogP contribution in [0.2, 0.25) is 0 Å². The maximum Gasteiger partial charge on any atom is 0.282 e. The molecule has 140 valence electrons. The highest BCUT2D eigenvalue weighted by molar-refractivity contribution is 5.81. The van der Waals surface area contributed by atoms with Gasteiger partial charge in [0.15, 0.2) is 0 Å². The van der Waals surface area contributed by atoms with Crippen molar-refractivity contribution in [2.24, 2.45) is 5.10 Å². The van der Waals surface area contributed by atoms with Crippen LogP contribution in [0.4, 0.5) is 5.69 Å². The number of nitrogens with zero attached hydrogens (tertiary/aromatic N) is 4. The van der Waals surface area contributed by atoms with Crippen molar-refractivity contribution in [2.75, 3.05) is 18.0 Å². The average Bonchev–Trinajstić information content (AvgIpc) is 2.68. The lowest BCUT2D eigenvalue weighted by Crippen LogP contribution is -2.24. The molecule has 0 radical (unpaired) electrons. The Hall–Kier alpha value is -2.95. The third-order valence-electron chi connectivity index (χ3n) is 4.48. The molecule has 0 N–H and O–H groups in total. The molecule has 3 rings (SSSR count). The lowest BCUT2D eigenvalue weighted by Gasteiger charge is -2.23. The van der Waals surface area contributed by atoms with Crippen molar-refractivity contribution < 1.29 is 0 Å². The summed E-state index contributed by atoms with van der Waals surface area (Å²) >= 11 is 0. The standard InChI is InChI=1S/C22H26N4O/c1-4-14-25(15-5-2)19-12-10-18(11-13-19)16-23-26-17(3)24-21-9-7-6-8-20(21)22(26)27/h6-13,16H,4-5,14-15H2,1-3H3. The third kappa shape index (κ3) is 4.25. The average molecular weight is 362 g/mol. The van der Waals surface area contributed by atoms with Gasteiger partial charge in [0.2, 0.25) is 0 Å². The van der Waals surface area contributed by atoms with E-state index < -0.39 is 0 Å². The molecule has 0 unspecified atom stereocenters. The molecule has 0 aliphatic carbocycles. The fourth-order valence-electron chi connectivity index (χ4n) is 3.18. The van der Waals surface area contributed by atoms with E-state index in [0.717, 1.165) is 31.5 Å². The van der Waals surface area contributed by atoms with Crippen LogP contribution in [-0.4, -0.2) is 29.0 Å². The van der Waals surface area contributed by atoms with E-state index in [2.05, 4.69) is 41.0 Å². The Kier molecular flexibility index (Phi) is 6.01. The zero-order valence-electron chi connectivity index (χ0n) is 16.2. The summed E-state index contributed by atoms with van der Waals surface area (Å²) in [6.07, 6.45) is 3.96. The smallest absolute Gasteiger partial charge is 0.282 e. The summed E-state index contributed by atoms with van der Waals surface area (Å²) in [6, 6.07) is 15.6. The number of anilines is 1. The van der Waals surface area contributed by atoms with Crippen molar-refractivity contribution >= 4 is 22.8 Å². The molecule has 0 amide bonds. The summed E-state index contributed by atoms with van der Waals surface area (Å²) in [5.41, 5.74) is 2.72. The van der Waals surface area contributed by atoms with Gasteiger partial charge in [-0.1, -0.05) is 38.1 Å². The van der Waals surface area contributed by atoms with E-state index in [-0.39, 0.29) is 5.56 Å². The first-order valence-electron chi connectivity index (χ1n) is 9.51. The molecule has 5 heteroatoms. The summed E-state index contributed by atoms with van der Waals surface area (Å²) in [5, 5.41) is 4.95. The van der Waals surface area contributed by atoms with Gasteiger partial charge in [-0.2, -0.15) is 9.78 Å². The van der Waals surface area contributed by atoms with Crippen LogP contribution in [0.1, 0.15) is 38.1 Å². The monoisotopic (exact) mass is 362 g/mol. The quantitative estimate of drug-likeness (QED) is 0.592. The number of hydrogen-bond donors (Lipinski definition) is 0. The van der Waals surface area contributed by atoms with Crippen molar-refractivity contribution in [3.8, 4) is 0 Å². The van der Waals surface area contributed by atoms with E-state index >= 15 is 0 Å². The fraction of sp³-hybridized carbons (Fsp3) is 0.318. The predicted octanol–water partition coefficient (Wildman–Crippen LogP) is 4.21. The molecular formula is C22H26N4O. The van der Waals surface area contributed by atoms with Crippen LogP contribution >= 0.6 is 0 Å². The van der Waals surface area contributed by atoms with E-state index in [1.165, 1.54) is 10.4 Å². The molecule has 1 heterocycles. The molecule has 0 aliphatic heterocycles. The third-order valence-corrected chi connectivity index (χ3v) is 4.48. The number of aryl methyl sites for hydroxylation is 1. The SMILES string of the molecule is CCCN(CCC)c1ccc(C=Nn2c(C)nc3ccccc3c2=O)cc1. The van der Waals surface area contributed by atoms with Gasteiger partial charge in [-0.25, -0.2) is 4.98 Å². The fourth-order valence-corrected chi connectivity index (χ4v) is 3.18. The van der Waals surface area contributed by atoms with Crippen molar-refractivity contribution in [3.05, 3.63) is 70.3 Å². The Balaban J connectivity index is 1.86. The van der Waals surface area contributed by atoms with Crippen LogP contribution in [0.25, 0.3) is 10.9 Å². The van der Waals surface area contributed by atoms with Crippen molar-refractivity contribution in [1.29, 1.82) is 0 Å². The summed E-state index contributed by atoms with van der Waals surface area (Å²) < 4.78 is 1.36. The normalized spacial score (nSPS) is 11.4. The van der Waals surface area contributed by atoms with Gasteiger partial charge in [-0.3, -0.25) is 4.79 Å². The second kappa shape index (κ2) is 8.62. The molecule has 2 aromatic carbocycles. The van der Waals surface area contributed by atoms with Crippen LogP contribution in [0, 0.1) is 6.92 Å². The molecule has 0 aliphatic rings. The van der Waals surface area contributed by atoms with Gasteiger partial charge < -0.3 is 4.90 Å². The number of benzene rings is 2. The van der Waals surface area contributed by atoms with Gasteiger partial charge in [0.25, 0.3) is 5.56 Å². The zero-order chi connectivity index (χ0) is 19.2. The molecular weight excluding hydrogens is 336 g/mol. The van der Waals surface area contributed by atoms with Crippen LogP contribution in [0.15, 0.2) is 58.4 Å². The number of hydrogen-bond acceptors (Lipinski definition) is 4. The Morgan fingerprint density at radius 1 is 1.04 bits per heavy atom. The molecule has 0 saturated heterocycles. The minimum absolute atomic E-state index is 0.150. The van der Waals surface area contributed by atoms with Gasteiger partial charge in [0, 0.05) is 18.8 Å². The van der Waals surface area contributed by atoms with Crippen LogP contribution in [-0.2, 0) is 0 Å². The van der Waals surface area contributed by atoms with Crippen molar-refractivity contribution in [3.63, 3.8) is 0 Å². The lowest BCUT2D eigenvalue weighted by molar-refractivity contribution is 0.745. The molecule has 0 spiro atoms. The second-order valence-corrected chi connectivity index (χ2v) is 6.62.